The molecule has 1 aromatic rings. The predicted molar refractivity (Wildman–Crippen MR) is 76.9 cm³/mol. The van der Waals surface area contributed by atoms with Crippen molar-refractivity contribution in [1.82, 2.24) is 4.72 Å². The van der Waals surface area contributed by atoms with Gasteiger partial charge in [-0.25, -0.2) is 13.1 Å². The molecule has 1 aromatic heterocycles. The van der Waals surface area contributed by atoms with E-state index < -0.39 is 10.0 Å². The van der Waals surface area contributed by atoms with Crippen LogP contribution in [0, 0.1) is 19.8 Å². The van der Waals surface area contributed by atoms with Crippen LogP contribution in [0.3, 0.4) is 0 Å². The number of sulfonamides is 1. The number of rotatable bonds is 5. The Balaban J connectivity index is 0.00000162. The standard InChI is InChI=1S/C11H18N2O2S2.ClH/c1-7-5-8(2)16-11(7)17(14,15)13-6-10(12)9-3-4-9;/h5,9-10,13H,3-4,6,12H2,1-2H3;1H. The van der Waals surface area contributed by atoms with Crippen LogP contribution >= 0.6 is 23.7 Å². The monoisotopic (exact) mass is 310 g/mol. The zero-order valence-electron chi connectivity index (χ0n) is 10.5. The van der Waals surface area contributed by atoms with E-state index in [9.17, 15) is 8.42 Å². The van der Waals surface area contributed by atoms with Gasteiger partial charge in [-0.3, -0.25) is 0 Å². The Kier molecular flexibility index (Phi) is 5.20. The zero-order chi connectivity index (χ0) is 12.6. The molecule has 104 valence electrons. The third-order valence-corrected chi connectivity index (χ3v) is 6.19. The summed E-state index contributed by atoms with van der Waals surface area (Å²) in [6.45, 7) is 4.06. The number of halogens is 1. The fourth-order valence-corrected chi connectivity index (χ4v) is 4.63. The molecular weight excluding hydrogens is 292 g/mol. The molecule has 0 amide bonds. The Bertz CT molecular complexity index is 509. The second kappa shape index (κ2) is 5.88. The first-order chi connectivity index (χ1) is 7.90. The first kappa shape index (κ1) is 15.9. The molecule has 1 heterocycles. The maximum Gasteiger partial charge on any atom is 0.250 e. The molecule has 1 unspecified atom stereocenters. The molecule has 3 N–H and O–H groups in total. The molecule has 0 spiro atoms. The molecule has 4 nitrogen and oxygen atoms in total. The maximum atomic E-state index is 12.1. The number of aryl methyl sites for hydroxylation is 2. The highest BCUT2D eigenvalue weighted by Crippen LogP contribution is 2.31. The molecular formula is C11H19ClN2O2S2. The molecule has 0 radical (unpaired) electrons. The van der Waals surface area contributed by atoms with E-state index in [1.807, 2.05) is 19.9 Å². The maximum absolute atomic E-state index is 12.1. The van der Waals surface area contributed by atoms with Crippen LogP contribution in [0.25, 0.3) is 0 Å². The SMILES string of the molecule is Cc1cc(C)c(S(=O)(=O)NCC(N)C2CC2)s1.Cl. The van der Waals surface area contributed by atoms with Gasteiger partial charge in [-0.05, 0) is 44.2 Å². The van der Waals surface area contributed by atoms with E-state index in [1.165, 1.54) is 11.3 Å². The van der Waals surface area contributed by atoms with Crippen LogP contribution < -0.4 is 10.5 Å². The third-order valence-electron chi connectivity index (χ3n) is 2.98. The molecule has 0 saturated heterocycles. The van der Waals surface area contributed by atoms with Gasteiger partial charge in [-0.1, -0.05) is 0 Å². The lowest BCUT2D eigenvalue weighted by Crippen LogP contribution is -2.38. The summed E-state index contributed by atoms with van der Waals surface area (Å²) in [6, 6.07) is 1.84. The fourth-order valence-electron chi connectivity index (χ4n) is 1.85. The second-order valence-corrected chi connectivity index (χ2v) is 7.90. The van der Waals surface area contributed by atoms with Gasteiger partial charge in [0.2, 0.25) is 10.0 Å². The molecule has 1 saturated carbocycles. The van der Waals surface area contributed by atoms with Crippen LogP contribution in [0.1, 0.15) is 23.3 Å². The molecule has 1 aliphatic rings. The number of hydrogen-bond acceptors (Lipinski definition) is 4. The van der Waals surface area contributed by atoms with Crippen molar-refractivity contribution < 1.29 is 8.42 Å². The van der Waals surface area contributed by atoms with Crippen LogP contribution in [-0.4, -0.2) is 21.0 Å². The third kappa shape index (κ3) is 3.68. The van der Waals surface area contributed by atoms with Crippen LogP contribution in [0.5, 0.6) is 0 Å². The number of nitrogens with one attached hydrogen (secondary N) is 1. The van der Waals surface area contributed by atoms with Crippen molar-refractivity contribution in [3.8, 4) is 0 Å². The minimum Gasteiger partial charge on any atom is -0.326 e. The van der Waals surface area contributed by atoms with Crippen LogP contribution in [0.4, 0.5) is 0 Å². The van der Waals surface area contributed by atoms with Crippen LogP contribution in [0.2, 0.25) is 0 Å². The number of hydrogen-bond donors (Lipinski definition) is 2. The van der Waals surface area contributed by atoms with Crippen LogP contribution in [-0.2, 0) is 10.0 Å². The zero-order valence-corrected chi connectivity index (χ0v) is 12.9. The summed E-state index contributed by atoms with van der Waals surface area (Å²) in [7, 11) is -3.38. The van der Waals surface area contributed by atoms with E-state index in [1.54, 1.807) is 0 Å². The van der Waals surface area contributed by atoms with E-state index in [0.717, 1.165) is 23.3 Å². The van der Waals surface area contributed by atoms with Crippen molar-refractivity contribution in [2.45, 2.75) is 36.9 Å². The highest BCUT2D eigenvalue weighted by Gasteiger charge is 2.29. The number of nitrogens with two attached hydrogens (primary N) is 1. The Morgan fingerprint density at radius 2 is 2.11 bits per heavy atom. The van der Waals surface area contributed by atoms with E-state index in [-0.39, 0.29) is 18.4 Å². The van der Waals surface area contributed by atoms with Crippen molar-refractivity contribution in [1.29, 1.82) is 0 Å². The van der Waals surface area contributed by atoms with Crippen molar-refractivity contribution in [2.24, 2.45) is 11.7 Å². The average molecular weight is 311 g/mol. The van der Waals surface area contributed by atoms with E-state index in [4.69, 9.17) is 5.73 Å². The van der Waals surface area contributed by atoms with Gasteiger partial charge in [0.25, 0.3) is 0 Å². The van der Waals surface area contributed by atoms with Gasteiger partial charge < -0.3 is 5.73 Å². The lowest BCUT2D eigenvalue weighted by atomic mass is 10.2. The summed E-state index contributed by atoms with van der Waals surface area (Å²) in [5.41, 5.74) is 6.69. The summed E-state index contributed by atoms with van der Waals surface area (Å²) >= 11 is 1.31. The Morgan fingerprint density at radius 1 is 1.50 bits per heavy atom. The Hall–Kier alpha value is -0.140. The topological polar surface area (TPSA) is 72.2 Å². The van der Waals surface area contributed by atoms with Crippen molar-refractivity contribution in [3.63, 3.8) is 0 Å². The van der Waals surface area contributed by atoms with Gasteiger partial charge in [0.15, 0.2) is 0 Å². The Labute approximate surface area is 118 Å². The quantitative estimate of drug-likeness (QED) is 0.871. The molecule has 2 rings (SSSR count). The van der Waals surface area contributed by atoms with E-state index in [0.29, 0.717) is 16.7 Å². The van der Waals surface area contributed by atoms with Gasteiger partial charge in [0, 0.05) is 17.5 Å². The molecule has 18 heavy (non-hydrogen) atoms. The normalized spacial score (nSPS) is 17.3. The second-order valence-electron chi connectivity index (χ2n) is 4.68. The first-order valence-electron chi connectivity index (χ1n) is 5.72. The van der Waals surface area contributed by atoms with Gasteiger partial charge >= 0.3 is 0 Å². The first-order valence-corrected chi connectivity index (χ1v) is 8.02. The van der Waals surface area contributed by atoms with E-state index >= 15 is 0 Å². The molecule has 1 fully saturated rings. The Morgan fingerprint density at radius 3 is 2.56 bits per heavy atom. The summed E-state index contributed by atoms with van der Waals surface area (Å²) in [4.78, 5) is 1.01. The molecule has 1 atom stereocenters. The summed E-state index contributed by atoms with van der Waals surface area (Å²) in [5.74, 6) is 0.504. The minimum absolute atomic E-state index is 0. The average Bonchev–Trinajstić information content (AvgIpc) is 3.01. The summed E-state index contributed by atoms with van der Waals surface area (Å²) < 4.78 is 27.1. The van der Waals surface area contributed by atoms with Gasteiger partial charge in [0.1, 0.15) is 4.21 Å². The highest BCUT2D eigenvalue weighted by molar-refractivity contribution is 7.91. The lowest BCUT2D eigenvalue weighted by molar-refractivity contribution is 0.549. The van der Waals surface area contributed by atoms with Gasteiger partial charge in [-0.2, -0.15) is 0 Å². The van der Waals surface area contributed by atoms with E-state index in [2.05, 4.69) is 4.72 Å². The van der Waals surface area contributed by atoms with Crippen molar-refractivity contribution >= 4 is 33.8 Å². The predicted octanol–water partition coefficient (Wildman–Crippen LogP) is 1.80. The molecule has 1 aliphatic carbocycles. The largest absolute Gasteiger partial charge is 0.326 e. The fraction of sp³-hybridized carbons (Fsp3) is 0.636. The molecule has 7 heteroatoms. The minimum atomic E-state index is -3.38. The van der Waals surface area contributed by atoms with Gasteiger partial charge in [-0.15, -0.1) is 23.7 Å². The van der Waals surface area contributed by atoms with Crippen molar-refractivity contribution in [2.75, 3.05) is 6.54 Å². The summed E-state index contributed by atoms with van der Waals surface area (Å²) in [6.07, 6.45) is 2.25. The van der Waals surface area contributed by atoms with Crippen LogP contribution in [0.15, 0.2) is 10.3 Å². The molecule has 0 bridgehead atoms. The highest BCUT2D eigenvalue weighted by atomic mass is 35.5. The lowest BCUT2D eigenvalue weighted by Gasteiger charge is -2.11. The van der Waals surface area contributed by atoms with Crippen molar-refractivity contribution in [3.05, 3.63) is 16.5 Å². The molecule has 0 aromatic carbocycles. The summed E-state index contributed by atoms with van der Waals surface area (Å²) in [5, 5.41) is 0. The number of thiophene rings is 1. The smallest absolute Gasteiger partial charge is 0.250 e. The van der Waals surface area contributed by atoms with Gasteiger partial charge in [0.05, 0.1) is 0 Å². The molecule has 0 aliphatic heterocycles.